The third-order valence-corrected chi connectivity index (χ3v) is 23.8. The van der Waals surface area contributed by atoms with Gasteiger partial charge in [0.1, 0.15) is 0 Å². The van der Waals surface area contributed by atoms with E-state index in [2.05, 4.69) is 396 Å². The first-order valence-corrected chi connectivity index (χ1v) is 39.5. The summed E-state index contributed by atoms with van der Waals surface area (Å²) in [6.07, 6.45) is 0. The smallest absolute Gasteiger partial charge is 0.416 e. The highest BCUT2D eigenvalue weighted by Gasteiger charge is 2.64. The highest BCUT2D eigenvalue weighted by atomic mass is 35.5. The van der Waals surface area contributed by atoms with Crippen LogP contribution < -0.4 is 66.6 Å². The Morgan fingerprint density at radius 2 is 0.381 bits per heavy atom. The average molecular weight is 1500 g/mol. The van der Waals surface area contributed by atoms with Crippen molar-refractivity contribution in [3.63, 3.8) is 0 Å². The van der Waals surface area contributed by atoms with Gasteiger partial charge in [0.15, 0.2) is 0 Å². The molecular formula is C91H98B9ClN6O6. The van der Waals surface area contributed by atoms with Crippen molar-refractivity contribution < 1.29 is 27.9 Å². The standard InChI is InChI=1S/C42H41B4N3O2.C36H29B3ClN3.C12H24B2O4.CH4/c1-41(2)42(3,4)51-46(50-41)37-27-20-32-40(33-37)49-44(35-23-12-6-13-24-35)47(38-28-16-8-17-29-38)43(34-21-10-5-11-22-34)48(39-30-18-9-19-31-39)45(49)36-25-14-7-15-26-36;40-33-23-16-28-36(29-33)43-38(31-19-8-2-9-20-31)41(34-24-12-4-13-25-34)37(30-17-6-1-7-18-30)42(35-26-14-5-15-27-35)39(43)32-21-10-3-11-22-32;1-9(2)10(3,4)16-13(15-9)14-17-11(5,6)12(7,8)18-14;/h5-33H,1-4H3;1-29H;1-8H3;1H4. The summed E-state index contributed by atoms with van der Waals surface area (Å²) in [6, 6.07) is 125. The summed E-state index contributed by atoms with van der Waals surface area (Å²) in [5, 5.41) is 0.707. The van der Waals surface area contributed by atoms with Crippen LogP contribution >= 0.6 is 11.6 Å². The monoisotopic (exact) mass is 1500 g/mol. The number of nitrogens with zero attached hydrogens (tertiary/aromatic N) is 6. The molecule has 0 unspecified atom stereocenters. The molecule has 0 bridgehead atoms. The Balaban J connectivity index is 0.000000154. The minimum Gasteiger partial charge on any atom is -0.416 e. The highest BCUT2D eigenvalue weighted by molar-refractivity contribution is 7.16. The van der Waals surface area contributed by atoms with Crippen LogP contribution in [0.2, 0.25) is 5.02 Å². The molecule has 0 spiro atoms. The second kappa shape index (κ2) is 33.3. The number of hydrogen-bond acceptors (Lipinski definition) is 12. The quantitative estimate of drug-likeness (QED) is 0.0974. The first-order chi connectivity index (χ1) is 54.0. The summed E-state index contributed by atoms with van der Waals surface area (Å²) >= 11 is 6.73. The van der Waals surface area contributed by atoms with Crippen LogP contribution in [0.15, 0.2) is 352 Å². The Morgan fingerprint density at radius 1 is 0.204 bits per heavy atom. The largest absolute Gasteiger partial charge is 0.494 e. The highest BCUT2D eigenvalue weighted by Crippen LogP contribution is 2.44. The molecule has 0 radical (unpaired) electrons. The molecule has 5 aliphatic rings. The van der Waals surface area contributed by atoms with E-state index in [1.807, 2.05) is 67.5 Å². The molecule has 0 N–H and O–H groups in total. The fourth-order valence-electron chi connectivity index (χ4n) is 15.8. The molecule has 0 atom stereocenters. The van der Waals surface area contributed by atoms with E-state index in [-0.39, 0.29) is 71.7 Å². The fraction of sp³-hybridized carbons (Fsp3) is 0.209. The minimum atomic E-state index is -0.488. The summed E-state index contributed by atoms with van der Waals surface area (Å²) in [5.41, 5.74) is 12.5. The van der Waals surface area contributed by atoms with Gasteiger partial charge in [0.05, 0.1) is 33.6 Å². The lowest BCUT2D eigenvalue weighted by molar-refractivity contribution is 0.00578. The van der Waals surface area contributed by atoms with Crippen LogP contribution in [-0.2, 0) is 27.9 Å². The van der Waals surface area contributed by atoms with Gasteiger partial charge in [0.25, 0.3) is 0 Å². The first-order valence-electron chi connectivity index (χ1n) is 39.1. The van der Waals surface area contributed by atoms with E-state index in [1.165, 1.54) is 32.8 Å². The molecule has 562 valence electrons. The van der Waals surface area contributed by atoms with Crippen molar-refractivity contribution in [3.05, 3.63) is 357 Å². The zero-order valence-electron chi connectivity index (χ0n) is 66.2. The molecule has 12 nitrogen and oxygen atoms in total. The Kier molecular flexibility index (Phi) is 23.5. The van der Waals surface area contributed by atoms with Gasteiger partial charge in [-0.1, -0.05) is 292 Å². The maximum atomic E-state index is 6.73. The maximum absolute atomic E-state index is 6.73. The number of halogens is 1. The molecule has 12 aromatic rings. The average Bonchev–Trinajstić information content (AvgIpc) is 1.23. The fourth-order valence-corrected chi connectivity index (χ4v) is 16.0. The normalized spacial score (nSPS) is 17.8. The van der Waals surface area contributed by atoms with E-state index < -0.39 is 32.3 Å². The van der Waals surface area contributed by atoms with Crippen molar-refractivity contribution >= 4 is 147 Å². The van der Waals surface area contributed by atoms with Crippen LogP contribution in [0.4, 0.5) is 34.1 Å². The second-order valence-electron chi connectivity index (χ2n) is 32.4. The van der Waals surface area contributed by atoms with E-state index in [9.17, 15) is 0 Å². The Bertz CT molecular complexity index is 4800. The number of benzene rings is 12. The van der Waals surface area contributed by atoms with Crippen LogP contribution in [0.3, 0.4) is 0 Å². The molecule has 5 fully saturated rings. The molecule has 17 rings (SSSR count). The van der Waals surface area contributed by atoms with Crippen molar-refractivity contribution in [3.8, 4) is 0 Å². The van der Waals surface area contributed by atoms with Gasteiger partial charge in [0.2, 0.25) is 0 Å². The Morgan fingerprint density at radius 3 is 0.611 bits per heavy atom. The van der Waals surface area contributed by atoms with Gasteiger partial charge >= 0.3 is 63.0 Å². The molecule has 0 aliphatic carbocycles. The van der Waals surface area contributed by atoms with Gasteiger partial charge in [-0.2, -0.15) is 0 Å². The summed E-state index contributed by atoms with van der Waals surface area (Å²) in [5.74, 6) is 0. The molecule has 0 amide bonds. The van der Waals surface area contributed by atoms with E-state index in [0.717, 1.165) is 39.6 Å². The molecule has 0 saturated carbocycles. The molecule has 113 heavy (non-hydrogen) atoms. The number of hydrogen-bond donors (Lipinski definition) is 0. The lowest BCUT2D eigenvalue weighted by Crippen LogP contribution is -2.86. The predicted molar refractivity (Wildman–Crippen MR) is 484 cm³/mol. The van der Waals surface area contributed by atoms with Crippen molar-refractivity contribution in [2.45, 2.75) is 124 Å². The Hall–Kier alpha value is -9.93. The van der Waals surface area contributed by atoms with Gasteiger partial charge in [-0.3, -0.25) is 0 Å². The van der Waals surface area contributed by atoms with Crippen LogP contribution in [0.25, 0.3) is 0 Å². The second-order valence-corrected chi connectivity index (χ2v) is 32.8. The van der Waals surface area contributed by atoms with Crippen molar-refractivity contribution in [2.75, 3.05) is 28.3 Å². The van der Waals surface area contributed by atoms with Gasteiger partial charge in [-0.25, -0.2) is 0 Å². The Labute approximate surface area is 679 Å². The van der Waals surface area contributed by atoms with Crippen molar-refractivity contribution in [1.82, 2.24) is 0 Å². The number of para-hydroxylation sites is 4. The van der Waals surface area contributed by atoms with E-state index in [0.29, 0.717) is 5.02 Å². The van der Waals surface area contributed by atoms with Crippen molar-refractivity contribution in [1.29, 1.82) is 0 Å². The molecule has 0 aromatic heterocycles. The van der Waals surface area contributed by atoms with E-state index in [4.69, 9.17) is 39.5 Å². The van der Waals surface area contributed by atoms with Gasteiger partial charge in [-0.05, 0) is 200 Å². The first kappa shape index (κ1) is 79.7. The molecule has 12 aromatic carbocycles. The van der Waals surface area contributed by atoms with Crippen molar-refractivity contribution in [2.24, 2.45) is 0 Å². The van der Waals surface area contributed by atoms with Crippen LogP contribution in [0.1, 0.15) is 90.5 Å². The number of anilines is 6. The molecule has 5 heterocycles. The van der Waals surface area contributed by atoms with Gasteiger partial charge in [0, 0.05) is 39.1 Å². The summed E-state index contributed by atoms with van der Waals surface area (Å²) in [4.78, 5) is 0. The molecule has 5 aliphatic heterocycles. The third-order valence-electron chi connectivity index (χ3n) is 23.5. The topological polar surface area (TPSA) is 74.8 Å². The molecule has 5 saturated heterocycles. The zero-order chi connectivity index (χ0) is 78.0. The van der Waals surface area contributed by atoms with E-state index in [1.54, 1.807) is 0 Å². The van der Waals surface area contributed by atoms with Crippen LogP contribution in [-0.4, -0.2) is 96.6 Å². The summed E-state index contributed by atoms with van der Waals surface area (Å²) in [6.45, 7) is 23.6. The minimum absolute atomic E-state index is 0. The third kappa shape index (κ3) is 16.2. The predicted octanol–water partition coefficient (Wildman–Crippen LogP) is 15.2. The number of rotatable bonds is 14. The SMILES string of the molecule is C.CC1(C)OB(B2OC(C)(C)C(C)(C)O2)OC1(C)C.CC1(C)OB(c2cccc(N3B(c4ccccc4)N(c4ccccc4)B(c4ccccc4)N(c4ccccc4)B3c3ccccc3)c2)OC1(C)C.Clc1cccc(N2B(c3ccccc3)N(c3ccccc3)B(c3ccccc3)N(c3ccccc3)B2c2ccccc2)c1. The summed E-state index contributed by atoms with van der Waals surface area (Å²) < 4.78 is 52.4. The van der Waals surface area contributed by atoms with Gasteiger partial charge < -0.3 is 56.3 Å². The summed E-state index contributed by atoms with van der Waals surface area (Å²) in [7, 11) is -1.44. The van der Waals surface area contributed by atoms with Crippen LogP contribution in [0, 0.1) is 0 Å². The van der Waals surface area contributed by atoms with E-state index >= 15 is 0 Å². The zero-order valence-corrected chi connectivity index (χ0v) is 66.9. The van der Waals surface area contributed by atoms with Gasteiger partial charge in [-0.15, -0.1) is 0 Å². The van der Waals surface area contributed by atoms with Crippen LogP contribution in [0.5, 0.6) is 0 Å². The lowest BCUT2D eigenvalue weighted by Gasteiger charge is -2.57. The molecular weight excluding hydrogens is 1410 g/mol. The maximum Gasteiger partial charge on any atom is 0.494 e. The lowest BCUT2D eigenvalue weighted by atomic mass is 9.37. The molecule has 22 heteroatoms.